The maximum absolute atomic E-state index is 12.6. The SMILES string of the molecule is Cc1cccc(-n2c(C)cc(C(=O)N[C@@H]3CCS(=O)(=O)C3)c2C)c1. The number of aryl methyl sites for hydroxylation is 2. The van der Waals surface area contributed by atoms with Crippen molar-refractivity contribution in [2.75, 3.05) is 11.5 Å². The van der Waals surface area contributed by atoms with E-state index in [0.717, 1.165) is 22.6 Å². The number of hydrogen-bond donors (Lipinski definition) is 1. The summed E-state index contributed by atoms with van der Waals surface area (Å²) in [6.45, 7) is 5.91. The summed E-state index contributed by atoms with van der Waals surface area (Å²) >= 11 is 0. The van der Waals surface area contributed by atoms with Gasteiger partial charge in [0.05, 0.1) is 17.1 Å². The van der Waals surface area contributed by atoms with Crippen molar-refractivity contribution in [3.05, 3.63) is 52.8 Å². The summed E-state index contributed by atoms with van der Waals surface area (Å²) in [5.74, 6) is -0.0144. The molecule has 5 nitrogen and oxygen atoms in total. The highest BCUT2D eigenvalue weighted by molar-refractivity contribution is 7.91. The third-order valence-corrected chi connectivity index (χ3v) is 6.27. The van der Waals surface area contributed by atoms with Crippen LogP contribution in [0.4, 0.5) is 0 Å². The molecule has 0 spiro atoms. The zero-order valence-electron chi connectivity index (χ0n) is 14.2. The molecule has 0 bridgehead atoms. The number of carbonyl (C=O) groups is 1. The van der Waals surface area contributed by atoms with Crippen molar-refractivity contribution in [2.45, 2.75) is 33.2 Å². The van der Waals surface area contributed by atoms with E-state index in [1.54, 1.807) is 0 Å². The molecule has 0 saturated carbocycles. The summed E-state index contributed by atoms with van der Waals surface area (Å²) in [5, 5.41) is 2.86. The molecule has 3 rings (SSSR count). The van der Waals surface area contributed by atoms with Crippen LogP contribution in [0, 0.1) is 20.8 Å². The molecule has 1 amide bonds. The van der Waals surface area contributed by atoms with Gasteiger partial charge in [-0.25, -0.2) is 8.42 Å². The molecule has 6 heteroatoms. The second-order valence-corrected chi connectivity index (χ2v) is 8.76. The number of nitrogens with one attached hydrogen (secondary N) is 1. The van der Waals surface area contributed by atoms with E-state index in [0.29, 0.717) is 12.0 Å². The molecule has 1 atom stereocenters. The molecule has 0 unspecified atom stereocenters. The lowest BCUT2D eigenvalue weighted by Gasteiger charge is -2.12. The Labute approximate surface area is 142 Å². The van der Waals surface area contributed by atoms with Crippen molar-refractivity contribution < 1.29 is 13.2 Å². The summed E-state index contributed by atoms with van der Waals surface area (Å²) in [4.78, 5) is 12.6. The molecule has 2 aromatic rings. The highest BCUT2D eigenvalue weighted by Crippen LogP contribution is 2.22. The molecule has 0 radical (unpaired) electrons. The topological polar surface area (TPSA) is 68.2 Å². The fourth-order valence-corrected chi connectivity index (χ4v) is 5.00. The van der Waals surface area contributed by atoms with Gasteiger partial charge in [-0.3, -0.25) is 4.79 Å². The van der Waals surface area contributed by atoms with Gasteiger partial charge in [-0.15, -0.1) is 0 Å². The normalized spacial score (nSPS) is 19.4. The maximum Gasteiger partial charge on any atom is 0.253 e. The van der Waals surface area contributed by atoms with Crippen LogP contribution in [0.25, 0.3) is 5.69 Å². The Hall–Kier alpha value is -2.08. The highest BCUT2D eigenvalue weighted by atomic mass is 32.2. The molecule has 1 aliphatic rings. The smallest absolute Gasteiger partial charge is 0.253 e. The Bertz CT molecular complexity index is 897. The van der Waals surface area contributed by atoms with Gasteiger partial charge in [0.1, 0.15) is 0 Å². The molecule has 1 N–H and O–H groups in total. The van der Waals surface area contributed by atoms with E-state index >= 15 is 0 Å². The van der Waals surface area contributed by atoms with E-state index < -0.39 is 9.84 Å². The average Bonchev–Trinajstić information content (AvgIpc) is 2.98. The van der Waals surface area contributed by atoms with Crippen LogP contribution in [0.5, 0.6) is 0 Å². The minimum atomic E-state index is -3.00. The number of carbonyl (C=O) groups excluding carboxylic acids is 1. The quantitative estimate of drug-likeness (QED) is 0.927. The van der Waals surface area contributed by atoms with Gasteiger partial charge in [-0.2, -0.15) is 0 Å². The van der Waals surface area contributed by atoms with Crippen LogP contribution in [0.3, 0.4) is 0 Å². The van der Waals surface area contributed by atoms with E-state index in [-0.39, 0.29) is 23.5 Å². The standard InChI is InChI=1S/C18H22N2O3S/c1-12-5-4-6-16(9-12)20-13(2)10-17(14(20)3)18(21)19-15-7-8-24(22,23)11-15/h4-6,9-10,15H,7-8,11H2,1-3H3,(H,19,21)/t15-/m1/s1. The second-order valence-electron chi connectivity index (χ2n) is 6.53. The Morgan fingerprint density at radius 1 is 1.21 bits per heavy atom. The summed E-state index contributed by atoms with van der Waals surface area (Å²) in [7, 11) is -3.00. The minimum Gasteiger partial charge on any atom is -0.348 e. The predicted molar refractivity (Wildman–Crippen MR) is 94.5 cm³/mol. The van der Waals surface area contributed by atoms with Gasteiger partial charge in [0, 0.05) is 23.1 Å². The third-order valence-electron chi connectivity index (χ3n) is 4.50. The first-order valence-electron chi connectivity index (χ1n) is 8.04. The van der Waals surface area contributed by atoms with E-state index in [1.165, 1.54) is 0 Å². The molecular weight excluding hydrogens is 324 g/mol. The van der Waals surface area contributed by atoms with E-state index in [9.17, 15) is 13.2 Å². The van der Waals surface area contributed by atoms with Gasteiger partial charge >= 0.3 is 0 Å². The van der Waals surface area contributed by atoms with Crippen LogP contribution in [0.2, 0.25) is 0 Å². The molecule has 1 aromatic carbocycles. The fourth-order valence-electron chi connectivity index (χ4n) is 3.33. The molecular formula is C18H22N2O3S. The number of aromatic nitrogens is 1. The number of amides is 1. The third kappa shape index (κ3) is 3.24. The van der Waals surface area contributed by atoms with E-state index in [2.05, 4.69) is 11.4 Å². The fraction of sp³-hybridized carbons (Fsp3) is 0.389. The van der Waals surface area contributed by atoms with Gasteiger partial charge < -0.3 is 9.88 Å². The van der Waals surface area contributed by atoms with Gasteiger partial charge in [0.15, 0.2) is 9.84 Å². The van der Waals surface area contributed by atoms with Crippen molar-refractivity contribution in [3.63, 3.8) is 0 Å². The molecule has 0 aliphatic carbocycles. The van der Waals surface area contributed by atoms with Crippen LogP contribution in [0.1, 0.15) is 33.7 Å². The van der Waals surface area contributed by atoms with Crippen molar-refractivity contribution in [3.8, 4) is 5.69 Å². The lowest BCUT2D eigenvalue weighted by Crippen LogP contribution is -2.35. The first kappa shape index (κ1) is 16.8. The average molecular weight is 346 g/mol. The molecule has 1 aromatic heterocycles. The Morgan fingerprint density at radius 2 is 1.96 bits per heavy atom. The lowest BCUT2D eigenvalue weighted by molar-refractivity contribution is 0.0940. The zero-order valence-corrected chi connectivity index (χ0v) is 15.0. The van der Waals surface area contributed by atoms with Gasteiger partial charge in [-0.05, 0) is 51.0 Å². The zero-order chi connectivity index (χ0) is 17.5. The molecule has 1 saturated heterocycles. The van der Waals surface area contributed by atoms with Crippen molar-refractivity contribution in [2.24, 2.45) is 0 Å². The van der Waals surface area contributed by atoms with Gasteiger partial charge in [0.2, 0.25) is 0 Å². The van der Waals surface area contributed by atoms with Crippen molar-refractivity contribution in [1.82, 2.24) is 9.88 Å². The first-order chi connectivity index (χ1) is 11.3. The number of sulfone groups is 1. The monoisotopic (exact) mass is 346 g/mol. The molecule has 24 heavy (non-hydrogen) atoms. The second kappa shape index (κ2) is 6.09. The molecule has 1 fully saturated rings. The van der Waals surface area contributed by atoms with Crippen LogP contribution in [-0.4, -0.2) is 36.4 Å². The van der Waals surface area contributed by atoms with Crippen LogP contribution >= 0.6 is 0 Å². The van der Waals surface area contributed by atoms with Crippen molar-refractivity contribution >= 4 is 15.7 Å². The molecule has 128 valence electrons. The van der Waals surface area contributed by atoms with Crippen LogP contribution in [0.15, 0.2) is 30.3 Å². The number of nitrogens with zero attached hydrogens (tertiary/aromatic N) is 1. The summed E-state index contributed by atoms with van der Waals surface area (Å²) in [6.07, 6.45) is 0.491. The first-order valence-corrected chi connectivity index (χ1v) is 9.86. The van der Waals surface area contributed by atoms with Gasteiger partial charge in [-0.1, -0.05) is 12.1 Å². The summed E-state index contributed by atoms with van der Waals surface area (Å²) in [6, 6.07) is 9.68. The highest BCUT2D eigenvalue weighted by Gasteiger charge is 2.30. The minimum absolute atomic E-state index is 0.0371. The Morgan fingerprint density at radius 3 is 2.58 bits per heavy atom. The number of rotatable bonds is 3. The Balaban J connectivity index is 1.87. The number of hydrogen-bond acceptors (Lipinski definition) is 3. The summed E-state index contributed by atoms with van der Waals surface area (Å²) in [5.41, 5.74) is 4.60. The predicted octanol–water partition coefficient (Wildman–Crippen LogP) is 2.32. The van der Waals surface area contributed by atoms with E-state index in [1.807, 2.05) is 49.6 Å². The van der Waals surface area contributed by atoms with Crippen LogP contribution < -0.4 is 5.32 Å². The summed E-state index contributed by atoms with van der Waals surface area (Å²) < 4.78 is 25.1. The van der Waals surface area contributed by atoms with Gasteiger partial charge in [0.25, 0.3) is 5.91 Å². The largest absolute Gasteiger partial charge is 0.348 e. The lowest BCUT2D eigenvalue weighted by atomic mass is 10.2. The maximum atomic E-state index is 12.6. The van der Waals surface area contributed by atoms with E-state index in [4.69, 9.17) is 0 Å². The number of benzene rings is 1. The Kier molecular flexibility index (Phi) is 4.25. The molecule has 2 heterocycles. The molecule has 1 aliphatic heterocycles. The van der Waals surface area contributed by atoms with Crippen molar-refractivity contribution in [1.29, 1.82) is 0 Å². The van der Waals surface area contributed by atoms with Crippen LogP contribution in [-0.2, 0) is 9.84 Å².